The second-order valence-electron chi connectivity index (χ2n) is 5.60. The van der Waals surface area contributed by atoms with Gasteiger partial charge in [-0.25, -0.2) is 4.98 Å². The maximum atomic E-state index is 5.52. The number of aromatic nitrogens is 1. The lowest BCUT2D eigenvalue weighted by molar-refractivity contribution is 0.341. The summed E-state index contributed by atoms with van der Waals surface area (Å²) in [6.07, 6.45) is 0.973. The van der Waals surface area contributed by atoms with E-state index in [-0.39, 0.29) is 5.54 Å². The number of ether oxygens (including phenoxy) is 1. The van der Waals surface area contributed by atoms with Crippen molar-refractivity contribution in [1.82, 2.24) is 10.3 Å². The zero-order valence-electron chi connectivity index (χ0n) is 12.1. The highest BCUT2D eigenvalue weighted by Crippen LogP contribution is 2.26. The Hall–Kier alpha value is -1.13. The number of fused-ring (bicyclic) bond motifs is 1. The molecule has 0 spiro atoms. The molecule has 4 heteroatoms. The van der Waals surface area contributed by atoms with Crippen LogP contribution in [0.1, 0.15) is 32.7 Å². The van der Waals surface area contributed by atoms with Crippen LogP contribution in [0.15, 0.2) is 18.2 Å². The first-order valence-corrected chi connectivity index (χ1v) is 7.57. The summed E-state index contributed by atoms with van der Waals surface area (Å²) in [7, 11) is 0. The van der Waals surface area contributed by atoms with Crippen molar-refractivity contribution >= 4 is 21.6 Å². The summed E-state index contributed by atoms with van der Waals surface area (Å²) in [4.78, 5) is 4.66. The quantitative estimate of drug-likeness (QED) is 0.907. The van der Waals surface area contributed by atoms with Crippen molar-refractivity contribution < 1.29 is 4.74 Å². The van der Waals surface area contributed by atoms with Crippen LogP contribution in [0.25, 0.3) is 10.2 Å². The molecule has 0 fully saturated rings. The second-order valence-corrected chi connectivity index (χ2v) is 6.71. The van der Waals surface area contributed by atoms with E-state index >= 15 is 0 Å². The molecule has 104 valence electrons. The van der Waals surface area contributed by atoms with Gasteiger partial charge in [-0.3, -0.25) is 0 Å². The Balaban J connectivity index is 2.04. The molecule has 0 aliphatic carbocycles. The Morgan fingerprint density at radius 1 is 1.32 bits per heavy atom. The average Bonchev–Trinajstić information content (AvgIpc) is 2.69. The molecule has 0 saturated carbocycles. The number of hydrogen-bond donors (Lipinski definition) is 1. The summed E-state index contributed by atoms with van der Waals surface area (Å²) in [5.41, 5.74) is 1.23. The van der Waals surface area contributed by atoms with E-state index < -0.39 is 0 Å². The van der Waals surface area contributed by atoms with Crippen molar-refractivity contribution in [3.05, 3.63) is 23.2 Å². The van der Waals surface area contributed by atoms with Crippen LogP contribution >= 0.6 is 11.3 Å². The molecule has 0 aliphatic rings. The molecule has 0 saturated heterocycles. The van der Waals surface area contributed by atoms with Crippen LogP contribution < -0.4 is 10.1 Å². The van der Waals surface area contributed by atoms with Crippen LogP contribution in [-0.4, -0.2) is 23.7 Å². The summed E-state index contributed by atoms with van der Waals surface area (Å²) < 4.78 is 6.72. The van der Waals surface area contributed by atoms with E-state index in [1.165, 1.54) is 9.71 Å². The van der Waals surface area contributed by atoms with E-state index in [0.717, 1.165) is 24.2 Å². The van der Waals surface area contributed by atoms with Crippen LogP contribution in [0.4, 0.5) is 0 Å². The van der Waals surface area contributed by atoms with E-state index in [9.17, 15) is 0 Å². The van der Waals surface area contributed by atoms with Gasteiger partial charge in [0.2, 0.25) is 0 Å². The van der Waals surface area contributed by atoms with Gasteiger partial charge in [0.25, 0.3) is 0 Å². The molecule has 1 aromatic heterocycles. The zero-order chi connectivity index (χ0) is 13.9. The first-order chi connectivity index (χ1) is 8.98. The maximum Gasteiger partial charge on any atom is 0.120 e. The standard InChI is InChI=1S/C15H22N2OS/c1-5-18-11-6-7-12-13(10-11)19-14(17-12)8-9-16-15(2,3)4/h6-7,10,16H,5,8-9H2,1-4H3. The van der Waals surface area contributed by atoms with E-state index in [1.54, 1.807) is 11.3 Å². The van der Waals surface area contributed by atoms with Gasteiger partial charge in [0.05, 0.1) is 21.8 Å². The monoisotopic (exact) mass is 278 g/mol. The third-order valence-corrected chi connectivity index (χ3v) is 3.79. The number of thiazole rings is 1. The van der Waals surface area contributed by atoms with Crippen LogP contribution in [0, 0.1) is 0 Å². The third-order valence-electron chi connectivity index (χ3n) is 2.71. The van der Waals surface area contributed by atoms with Crippen LogP contribution in [0.3, 0.4) is 0 Å². The Morgan fingerprint density at radius 3 is 2.79 bits per heavy atom. The molecule has 1 aromatic carbocycles. The zero-order valence-corrected chi connectivity index (χ0v) is 12.9. The summed E-state index contributed by atoms with van der Waals surface area (Å²) >= 11 is 1.76. The molecule has 2 rings (SSSR count). The van der Waals surface area contributed by atoms with Crippen LogP contribution in [-0.2, 0) is 6.42 Å². The van der Waals surface area contributed by atoms with E-state index in [0.29, 0.717) is 6.61 Å². The fourth-order valence-corrected chi connectivity index (χ4v) is 2.86. The van der Waals surface area contributed by atoms with Crippen molar-refractivity contribution in [3.63, 3.8) is 0 Å². The Kier molecular flexibility index (Phi) is 4.42. The molecule has 0 aliphatic heterocycles. The molecule has 1 N–H and O–H groups in total. The summed E-state index contributed by atoms with van der Waals surface area (Å²) in [6, 6.07) is 6.11. The van der Waals surface area contributed by atoms with Gasteiger partial charge in [-0.1, -0.05) is 0 Å². The van der Waals surface area contributed by atoms with Crippen molar-refractivity contribution in [3.8, 4) is 5.75 Å². The molecule has 1 heterocycles. The summed E-state index contributed by atoms with van der Waals surface area (Å²) in [6.45, 7) is 10.2. The van der Waals surface area contributed by atoms with E-state index in [2.05, 4.69) is 37.1 Å². The first kappa shape index (κ1) is 14.3. The van der Waals surface area contributed by atoms with Gasteiger partial charge in [0, 0.05) is 18.5 Å². The molecule has 0 amide bonds. The predicted octanol–water partition coefficient (Wildman–Crippen LogP) is 3.63. The molecule has 0 bridgehead atoms. The van der Waals surface area contributed by atoms with Gasteiger partial charge in [0.15, 0.2) is 0 Å². The largest absolute Gasteiger partial charge is 0.494 e. The van der Waals surface area contributed by atoms with Crippen molar-refractivity contribution in [1.29, 1.82) is 0 Å². The van der Waals surface area contributed by atoms with Crippen molar-refractivity contribution in [2.45, 2.75) is 39.7 Å². The number of hydrogen-bond acceptors (Lipinski definition) is 4. The van der Waals surface area contributed by atoms with Crippen LogP contribution in [0.5, 0.6) is 5.75 Å². The van der Waals surface area contributed by atoms with Gasteiger partial charge in [-0.05, 0) is 45.9 Å². The van der Waals surface area contributed by atoms with Crippen molar-refractivity contribution in [2.75, 3.05) is 13.2 Å². The fourth-order valence-electron chi connectivity index (χ4n) is 1.86. The van der Waals surface area contributed by atoms with Gasteiger partial charge in [-0.15, -0.1) is 11.3 Å². The molecule has 0 radical (unpaired) electrons. The highest BCUT2D eigenvalue weighted by Gasteiger charge is 2.09. The minimum Gasteiger partial charge on any atom is -0.494 e. The average molecular weight is 278 g/mol. The molecule has 2 aromatic rings. The SMILES string of the molecule is CCOc1ccc2nc(CCNC(C)(C)C)sc2c1. The molecule has 3 nitrogen and oxygen atoms in total. The Morgan fingerprint density at radius 2 is 2.11 bits per heavy atom. The fraction of sp³-hybridized carbons (Fsp3) is 0.533. The lowest BCUT2D eigenvalue weighted by Crippen LogP contribution is -2.37. The Labute approximate surface area is 119 Å². The summed E-state index contributed by atoms with van der Waals surface area (Å²) in [5.74, 6) is 0.929. The number of nitrogens with zero attached hydrogens (tertiary/aromatic N) is 1. The molecule has 0 atom stereocenters. The van der Waals surface area contributed by atoms with Gasteiger partial charge in [0.1, 0.15) is 5.75 Å². The topological polar surface area (TPSA) is 34.1 Å². The minimum absolute atomic E-state index is 0.165. The van der Waals surface area contributed by atoms with Crippen molar-refractivity contribution in [2.24, 2.45) is 0 Å². The minimum atomic E-state index is 0.165. The van der Waals surface area contributed by atoms with E-state index in [4.69, 9.17) is 4.74 Å². The highest BCUT2D eigenvalue weighted by molar-refractivity contribution is 7.18. The normalized spacial score (nSPS) is 12.0. The summed E-state index contributed by atoms with van der Waals surface area (Å²) in [5, 5.41) is 4.67. The molecule has 19 heavy (non-hydrogen) atoms. The first-order valence-electron chi connectivity index (χ1n) is 6.75. The van der Waals surface area contributed by atoms with E-state index in [1.807, 2.05) is 19.1 Å². The molecule has 0 unspecified atom stereocenters. The van der Waals surface area contributed by atoms with Gasteiger partial charge >= 0.3 is 0 Å². The van der Waals surface area contributed by atoms with Gasteiger partial charge < -0.3 is 10.1 Å². The maximum absolute atomic E-state index is 5.52. The molecular weight excluding hydrogens is 256 g/mol. The smallest absolute Gasteiger partial charge is 0.120 e. The number of benzene rings is 1. The highest BCUT2D eigenvalue weighted by atomic mass is 32.1. The molecular formula is C15H22N2OS. The predicted molar refractivity (Wildman–Crippen MR) is 82.2 cm³/mol. The lowest BCUT2D eigenvalue weighted by atomic mass is 10.1. The number of rotatable bonds is 5. The van der Waals surface area contributed by atoms with Gasteiger partial charge in [-0.2, -0.15) is 0 Å². The number of nitrogens with one attached hydrogen (secondary N) is 1. The van der Waals surface area contributed by atoms with Crippen LogP contribution in [0.2, 0.25) is 0 Å². The second kappa shape index (κ2) is 5.88. The third kappa shape index (κ3) is 4.18. The lowest BCUT2D eigenvalue weighted by Gasteiger charge is -2.19. The Bertz CT molecular complexity index is 543.